The Kier molecular flexibility index (Phi) is 3.55. The van der Waals surface area contributed by atoms with Crippen LogP contribution in [0.3, 0.4) is 0 Å². The Morgan fingerprint density at radius 1 is 1.12 bits per heavy atom. The van der Waals surface area contributed by atoms with E-state index in [1.54, 1.807) is 7.11 Å². The van der Waals surface area contributed by atoms with E-state index >= 15 is 0 Å². The van der Waals surface area contributed by atoms with Gasteiger partial charge in [-0.25, -0.2) is 4.98 Å². The molecule has 2 aromatic carbocycles. The highest BCUT2D eigenvalue weighted by atomic mass is 16.5. The third-order valence-electron chi connectivity index (χ3n) is 3.98. The Hall–Kier alpha value is -2.59. The normalized spacial score (nSPS) is 15.6. The lowest BCUT2D eigenvalue weighted by molar-refractivity contribution is 0.405. The molecule has 25 heavy (non-hydrogen) atoms. The lowest BCUT2D eigenvalue weighted by atomic mass is 10.1. The summed E-state index contributed by atoms with van der Waals surface area (Å²) in [6.07, 6.45) is 0.352. The Balaban J connectivity index is 1.79. The number of fused-ring (bicyclic) bond motifs is 1. The van der Waals surface area contributed by atoms with Crippen LogP contribution in [0.2, 0.25) is 0 Å². The molecule has 1 heterocycles. The number of ether oxygens (including phenoxy) is 1. The van der Waals surface area contributed by atoms with Crippen molar-refractivity contribution in [3.8, 4) is 17.0 Å². The van der Waals surface area contributed by atoms with E-state index < -0.39 is 14.0 Å². The minimum Gasteiger partial charge on any atom is -0.497 e. The minimum atomic E-state index is -2.67. The maximum Gasteiger partial charge on any atom is 0.118 e. The second-order valence-corrected chi connectivity index (χ2v) is 5.73. The molecule has 0 aliphatic rings. The minimum absolute atomic E-state index is 0.0750. The van der Waals surface area contributed by atoms with Gasteiger partial charge in [-0.1, -0.05) is 18.2 Å². The Labute approximate surface area is 157 Å². The SMILES string of the molecule is [2H]C([2H])([2H])N(CCCNc1cc(-c2ccc(OC)cc2)nc2ccccc12)C([2H])([2H])[2H]. The molecular weight excluding hydrogens is 310 g/mol. The topological polar surface area (TPSA) is 37.4 Å². The van der Waals surface area contributed by atoms with Crippen molar-refractivity contribution in [1.29, 1.82) is 0 Å². The van der Waals surface area contributed by atoms with Gasteiger partial charge >= 0.3 is 0 Å². The van der Waals surface area contributed by atoms with E-state index in [1.165, 1.54) is 0 Å². The summed E-state index contributed by atoms with van der Waals surface area (Å²) in [5, 5.41) is 4.25. The average molecular weight is 341 g/mol. The molecule has 1 aromatic heterocycles. The fraction of sp³-hybridized carbons (Fsp3) is 0.286. The zero-order valence-electron chi connectivity index (χ0n) is 20.1. The summed E-state index contributed by atoms with van der Waals surface area (Å²) in [6.45, 7) is -5.00. The third-order valence-corrected chi connectivity index (χ3v) is 3.98. The van der Waals surface area contributed by atoms with Crippen LogP contribution in [0.5, 0.6) is 5.75 Å². The molecule has 0 atom stereocenters. The molecule has 0 amide bonds. The van der Waals surface area contributed by atoms with Crippen molar-refractivity contribution in [2.45, 2.75) is 6.42 Å². The van der Waals surface area contributed by atoms with Gasteiger partial charge in [-0.2, -0.15) is 0 Å². The van der Waals surface area contributed by atoms with Gasteiger partial charge < -0.3 is 15.0 Å². The first-order chi connectivity index (χ1) is 14.6. The molecular formula is C21H25N3O. The van der Waals surface area contributed by atoms with Gasteiger partial charge in [0.05, 0.1) is 18.3 Å². The molecule has 0 radical (unpaired) electrons. The molecule has 0 spiro atoms. The monoisotopic (exact) mass is 341 g/mol. The summed E-state index contributed by atoms with van der Waals surface area (Å²) in [7, 11) is 1.62. The predicted octanol–water partition coefficient (Wildman–Crippen LogP) is 4.27. The van der Waals surface area contributed by atoms with E-state index in [9.17, 15) is 0 Å². The highest BCUT2D eigenvalue weighted by Gasteiger charge is 2.07. The molecule has 0 bridgehead atoms. The number of para-hydroxylation sites is 1. The fourth-order valence-corrected chi connectivity index (χ4v) is 2.69. The molecule has 0 saturated carbocycles. The van der Waals surface area contributed by atoms with E-state index in [0.29, 0.717) is 17.9 Å². The fourth-order valence-electron chi connectivity index (χ4n) is 2.69. The second-order valence-electron chi connectivity index (χ2n) is 5.73. The van der Waals surface area contributed by atoms with Gasteiger partial charge in [0.15, 0.2) is 0 Å². The van der Waals surface area contributed by atoms with Crippen LogP contribution in [0.4, 0.5) is 5.69 Å². The largest absolute Gasteiger partial charge is 0.497 e. The zero-order chi connectivity index (χ0) is 22.6. The quantitative estimate of drug-likeness (QED) is 0.651. The first-order valence-corrected chi connectivity index (χ1v) is 8.15. The summed E-state index contributed by atoms with van der Waals surface area (Å²) in [5.41, 5.74) is 3.40. The molecule has 4 nitrogen and oxygen atoms in total. The van der Waals surface area contributed by atoms with Crippen LogP contribution >= 0.6 is 0 Å². The molecule has 130 valence electrons. The standard InChI is InChI=1S/C21H25N3O/c1-24(2)14-6-13-22-21-15-20(16-9-11-17(25-3)12-10-16)23-19-8-5-4-7-18(19)21/h4-5,7-12,15H,6,13-14H2,1-3H3,(H,22,23)/i1D3,2D3. The van der Waals surface area contributed by atoms with E-state index in [0.717, 1.165) is 33.6 Å². The van der Waals surface area contributed by atoms with Crippen molar-refractivity contribution >= 4 is 16.6 Å². The van der Waals surface area contributed by atoms with Gasteiger partial charge in [0.1, 0.15) is 5.75 Å². The molecule has 0 aliphatic heterocycles. The number of hydrogen-bond donors (Lipinski definition) is 1. The Morgan fingerprint density at radius 2 is 1.92 bits per heavy atom. The third kappa shape index (κ3) is 4.28. The Morgan fingerprint density at radius 3 is 2.68 bits per heavy atom. The van der Waals surface area contributed by atoms with Crippen LogP contribution < -0.4 is 10.1 Å². The van der Waals surface area contributed by atoms with Crippen molar-refractivity contribution in [2.75, 3.05) is 39.5 Å². The molecule has 0 saturated heterocycles. The van der Waals surface area contributed by atoms with Crippen molar-refractivity contribution in [1.82, 2.24) is 9.88 Å². The first-order valence-electron chi connectivity index (χ1n) is 11.2. The van der Waals surface area contributed by atoms with Crippen LogP contribution in [0.1, 0.15) is 14.6 Å². The number of rotatable bonds is 7. The number of hydrogen-bond acceptors (Lipinski definition) is 4. The second kappa shape index (κ2) is 7.99. The lowest BCUT2D eigenvalue weighted by Gasteiger charge is -2.14. The van der Waals surface area contributed by atoms with E-state index in [1.807, 2.05) is 54.6 Å². The summed E-state index contributed by atoms with van der Waals surface area (Å²) < 4.78 is 50.0. The van der Waals surface area contributed by atoms with Gasteiger partial charge in [0.25, 0.3) is 0 Å². The highest BCUT2D eigenvalue weighted by Crippen LogP contribution is 2.29. The molecule has 0 aliphatic carbocycles. The summed E-state index contributed by atoms with van der Waals surface area (Å²) >= 11 is 0. The number of nitrogens with zero attached hydrogens (tertiary/aromatic N) is 2. The molecule has 4 heteroatoms. The summed E-state index contributed by atoms with van der Waals surface area (Å²) in [5.74, 6) is 0.760. The summed E-state index contributed by atoms with van der Waals surface area (Å²) in [4.78, 5) is 5.32. The number of methoxy groups -OCH3 is 1. The zero-order valence-corrected chi connectivity index (χ0v) is 14.1. The molecule has 0 fully saturated rings. The van der Waals surface area contributed by atoms with Crippen molar-refractivity contribution in [3.05, 3.63) is 54.6 Å². The average Bonchev–Trinajstić information content (AvgIpc) is 2.71. The molecule has 3 rings (SSSR count). The number of pyridine rings is 1. The number of anilines is 1. The van der Waals surface area contributed by atoms with E-state index in [4.69, 9.17) is 17.9 Å². The molecule has 1 N–H and O–H groups in total. The Bertz CT molecular complexity index is 1000. The van der Waals surface area contributed by atoms with Gasteiger partial charge in [-0.05, 0) is 63.3 Å². The molecule has 3 aromatic rings. The number of nitrogens with one attached hydrogen (secondary N) is 1. The maximum atomic E-state index is 7.47. The number of aromatic nitrogens is 1. The maximum absolute atomic E-state index is 7.47. The van der Waals surface area contributed by atoms with Crippen LogP contribution in [-0.4, -0.2) is 44.0 Å². The van der Waals surface area contributed by atoms with Gasteiger partial charge in [-0.15, -0.1) is 0 Å². The van der Waals surface area contributed by atoms with Crippen LogP contribution in [0, 0.1) is 0 Å². The molecule has 0 unspecified atom stereocenters. The van der Waals surface area contributed by atoms with Crippen LogP contribution in [0.15, 0.2) is 54.6 Å². The van der Waals surface area contributed by atoms with E-state index in [2.05, 4.69) is 5.32 Å². The van der Waals surface area contributed by atoms with Gasteiger partial charge in [0, 0.05) is 31.4 Å². The van der Waals surface area contributed by atoms with Crippen molar-refractivity contribution in [2.24, 2.45) is 0 Å². The smallest absolute Gasteiger partial charge is 0.118 e. The van der Waals surface area contributed by atoms with Crippen molar-refractivity contribution < 1.29 is 13.0 Å². The highest BCUT2D eigenvalue weighted by molar-refractivity contribution is 5.93. The predicted molar refractivity (Wildman–Crippen MR) is 105 cm³/mol. The van der Waals surface area contributed by atoms with Gasteiger partial charge in [0.2, 0.25) is 0 Å². The van der Waals surface area contributed by atoms with Crippen molar-refractivity contribution in [3.63, 3.8) is 0 Å². The summed E-state index contributed by atoms with van der Waals surface area (Å²) in [6, 6.07) is 17.3. The van der Waals surface area contributed by atoms with Crippen LogP contribution in [-0.2, 0) is 0 Å². The first kappa shape index (κ1) is 11.1. The van der Waals surface area contributed by atoms with Gasteiger partial charge in [-0.3, -0.25) is 0 Å². The van der Waals surface area contributed by atoms with Crippen LogP contribution in [0.25, 0.3) is 22.2 Å². The van der Waals surface area contributed by atoms with E-state index in [-0.39, 0.29) is 6.54 Å². The lowest BCUT2D eigenvalue weighted by Crippen LogP contribution is -2.16. The number of benzene rings is 2.